The Morgan fingerprint density at radius 2 is 1.98 bits per heavy atom. The summed E-state index contributed by atoms with van der Waals surface area (Å²) in [6.45, 7) is 1.45. The molecule has 0 radical (unpaired) electrons. The minimum absolute atomic E-state index is 0.0283. The van der Waals surface area contributed by atoms with Crippen molar-refractivity contribution in [1.29, 1.82) is 0 Å². The number of urea groups is 1. The average molecular weight is 555 g/mol. The van der Waals surface area contributed by atoms with Crippen LogP contribution in [0.2, 0.25) is 0 Å². The van der Waals surface area contributed by atoms with Crippen molar-refractivity contribution in [1.82, 2.24) is 24.6 Å². The first kappa shape index (κ1) is 27.2. The van der Waals surface area contributed by atoms with E-state index in [-0.39, 0.29) is 17.2 Å². The normalized spacial score (nSPS) is 11.4. The summed E-state index contributed by atoms with van der Waals surface area (Å²) >= 11 is 0. The highest BCUT2D eigenvalue weighted by Crippen LogP contribution is 2.30. The Balaban J connectivity index is 1.37. The summed E-state index contributed by atoms with van der Waals surface area (Å²) in [5.74, 6) is 0.0318. The number of rotatable bonds is 9. The third-order valence-electron chi connectivity index (χ3n) is 6.21. The van der Waals surface area contributed by atoms with Gasteiger partial charge in [0, 0.05) is 37.0 Å². The second-order valence-electron chi connectivity index (χ2n) is 9.36. The number of hydrogen-bond acceptors (Lipinski definition) is 8. The molecule has 0 aliphatic carbocycles. The summed E-state index contributed by atoms with van der Waals surface area (Å²) in [6.07, 6.45) is 4.47. The van der Waals surface area contributed by atoms with Gasteiger partial charge in [-0.15, -0.1) is 10.2 Å². The molecule has 0 saturated heterocycles. The zero-order valence-electron chi connectivity index (χ0n) is 22.3. The fourth-order valence-electron chi connectivity index (χ4n) is 4.14. The average Bonchev–Trinajstić information content (AvgIpc) is 3.43. The Morgan fingerprint density at radius 1 is 1.15 bits per heavy atom. The number of aromatic nitrogens is 4. The maximum atomic E-state index is 15.2. The zero-order valence-corrected chi connectivity index (χ0v) is 22.3. The zero-order chi connectivity index (χ0) is 28.9. The molecule has 0 spiro atoms. The number of nitrogens with two attached hydrogens (primary N) is 1. The molecular weight excluding hydrogens is 527 g/mol. The van der Waals surface area contributed by atoms with Crippen LogP contribution in [0, 0.1) is 5.82 Å². The van der Waals surface area contributed by atoms with Gasteiger partial charge in [0.05, 0.1) is 11.9 Å². The van der Waals surface area contributed by atoms with Crippen molar-refractivity contribution in [3.63, 3.8) is 0 Å². The van der Waals surface area contributed by atoms with Gasteiger partial charge >= 0.3 is 6.03 Å². The Morgan fingerprint density at radius 3 is 2.76 bits per heavy atom. The Hall–Kier alpha value is -5.36. The van der Waals surface area contributed by atoms with Crippen molar-refractivity contribution in [3.8, 4) is 28.8 Å². The monoisotopic (exact) mass is 554 g/mol. The van der Waals surface area contributed by atoms with Crippen molar-refractivity contribution in [2.24, 2.45) is 10.8 Å². The van der Waals surface area contributed by atoms with Crippen LogP contribution in [0.1, 0.15) is 5.56 Å². The van der Waals surface area contributed by atoms with E-state index in [4.69, 9.17) is 10.5 Å². The summed E-state index contributed by atoms with van der Waals surface area (Å²) in [4.78, 5) is 18.6. The number of likely N-dealkylation sites (N-methyl/N-ethyl adjacent to an activating group) is 1. The molecule has 3 aromatic carbocycles. The van der Waals surface area contributed by atoms with Gasteiger partial charge in [-0.1, -0.05) is 30.3 Å². The van der Waals surface area contributed by atoms with E-state index in [2.05, 4.69) is 20.3 Å². The number of fused-ring (bicyclic) bond motifs is 1. The molecule has 12 heteroatoms. The molecule has 5 aromatic rings. The first-order valence-corrected chi connectivity index (χ1v) is 12.6. The number of carbonyl (C=O) groups is 1. The molecule has 0 aliphatic heterocycles. The van der Waals surface area contributed by atoms with Crippen molar-refractivity contribution in [2.75, 3.05) is 25.6 Å². The predicted molar refractivity (Wildman–Crippen MR) is 154 cm³/mol. The van der Waals surface area contributed by atoms with Crippen LogP contribution in [0.3, 0.4) is 0 Å². The maximum Gasteiger partial charge on any atom is 0.340 e. The van der Waals surface area contributed by atoms with Gasteiger partial charge in [-0.25, -0.2) is 9.18 Å². The first-order valence-electron chi connectivity index (χ1n) is 12.6. The first-order chi connectivity index (χ1) is 19.8. The molecule has 0 bridgehead atoms. The second-order valence-corrected chi connectivity index (χ2v) is 9.36. The third kappa shape index (κ3) is 6.12. The van der Waals surface area contributed by atoms with E-state index in [1.54, 1.807) is 24.5 Å². The largest absolute Gasteiger partial charge is 0.507 e. The number of hydrogen-bond donors (Lipinski definition) is 2. The summed E-state index contributed by atoms with van der Waals surface area (Å²) in [5.41, 5.74) is 6.52. The second kappa shape index (κ2) is 11.8. The summed E-state index contributed by atoms with van der Waals surface area (Å²) in [5, 5.41) is 25.1. The number of primary amides is 1. The van der Waals surface area contributed by atoms with Gasteiger partial charge in [-0.3, -0.25) is 4.98 Å². The minimum Gasteiger partial charge on any atom is -0.507 e. The van der Waals surface area contributed by atoms with E-state index in [1.165, 1.54) is 30.6 Å². The number of anilines is 1. The van der Waals surface area contributed by atoms with E-state index in [0.717, 1.165) is 28.4 Å². The van der Waals surface area contributed by atoms with Crippen molar-refractivity contribution in [3.05, 3.63) is 90.6 Å². The van der Waals surface area contributed by atoms with E-state index in [0.29, 0.717) is 29.4 Å². The van der Waals surface area contributed by atoms with Crippen LogP contribution in [0.25, 0.3) is 22.3 Å². The molecule has 0 fully saturated rings. The Bertz CT molecular complexity index is 1740. The smallest absolute Gasteiger partial charge is 0.340 e. The Labute approximate surface area is 234 Å². The molecule has 3 N–H and O–H groups in total. The summed E-state index contributed by atoms with van der Waals surface area (Å²) in [6, 6.07) is 16.9. The van der Waals surface area contributed by atoms with Gasteiger partial charge in [0.1, 0.15) is 23.5 Å². The third-order valence-corrected chi connectivity index (χ3v) is 6.21. The van der Waals surface area contributed by atoms with Crippen LogP contribution in [-0.4, -0.2) is 62.6 Å². The molecule has 2 aromatic heterocycles. The number of phenols is 1. The van der Waals surface area contributed by atoms with Crippen molar-refractivity contribution >= 4 is 28.7 Å². The predicted octanol–water partition coefficient (Wildman–Crippen LogP) is 4.61. The molecule has 2 amide bonds. The molecule has 0 atom stereocenters. The standard InChI is InChI=1S/C29H27FN8O3/c1-36(2)13-14-37-18-33-35-28(37)25-16-21(11-12-32-25)41-27-10-8-20(15-24(27)30)38(29(31)40)34-17-23-22-6-4-3-5-19(22)7-9-26(23)39/h3-12,15-18,39H,13-14H2,1-2H3,(H2,31,40)/b34-17+. The summed E-state index contributed by atoms with van der Waals surface area (Å²) < 4.78 is 22.8. The molecule has 41 heavy (non-hydrogen) atoms. The number of phenolic OH excluding ortho intramolecular Hbond substituents is 1. The van der Waals surface area contributed by atoms with Crippen LogP contribution in [0.15, 0.2) is 84.4 Å². The van der Waals surface area contributed by atoms with Crippen LogP contribution in [0.4, 0.5) is 14.9 Å². The number of amides is 2. The van der Waals surface area contributed by atoms with Crippen LogP contribution in [-0.2, 0) is 6.54 Å². The number of carbonyl (C=O) groups excluding carboxylic acids is 1. The van der Waals surface area contributed by atoms with Gasteiger partial charge in [0.15, 0.2) is 17.4 Å². The van der Waals surface area contributed by atoms with E-state index >= 15 is 4.39 Å². The van der Waals surface area contributed by atoms with Crippen LogP contribution < -0.4 is 15.5 Å². The molecule has 208 valence electrons. The number of pyridine rings is 1. The molecular formula is C29H27FN8O3. The highest BCUT2D eigenvalue weighted by Gasteiger charge is 2.17. The lowest BCUT2D eigenvalue weighted by atomic mass is 10.0. The SMILES string of the molecule is CN(C)CCn1cnnc1-c1cc(Oc2ccc(N(/N=C/c3c(O)ccc4ccccc34)C(N)=O)cc2F)ccn1. The number of nitrogens with zero attached hydrogens (tertiary/aromatic N) is 7. The maximum absolute atomic E-state index is 15.2. The molecule has 11 nitrogen and oxygen atoms in total. The minimum atomic E-state index is -0.939. The number of ether oxygens (including phenoxy) is 1. The summed E-state index contributed by atoms with van der Waals surface area (Å²) in [7, 11) is 3.95. The van der Waals surface area contributed by atoms with Gasteiger partial charge in [0.25, 0.3) is 0 Å². The van der Waals surface area contributed by atoms with Crippen LogP contribution >= 0.6 is 0 Å². The van der Waals surface area contributed by atoms with E-state index in [9.17, 15) is 9.90 Å². The van der Waals surface area contributed by atoms with E-state index in [1.807, 2.05) is 47.8 Å². The van der Waals surface area contributed by atoms with Crippen molar-refractivity contribution < 1.29 is 19.0 Å². The molecule has 5 rings (SSSR count). The topological polar surface area (TPSA) is 135 Å². The molecule has 0 saturated carbocycles. The molecule has 2 heterocycles. The van der Waals surface area contributed by atoms with Gasteiger partial charge < -0.3 is 25.0 Å². The lowest BCUT2D eigenvalue weighted by molar-refractivity contribution is 0.254. The number of hydrazone groups is 1. The lowest BCUT2D eigenvalue weighted by Crippen LogP contribution is -2.31. The van der Waals surface area contributed by atoms with Gasteiger partial charge in [-0.05, 0) is 49.1 Å². The van der Waals surface area contributed by atoms with Gasteiger partial charge in [0.2, 0.25) is 0 Å². The number of benzene rings is 3. The lowest BCUT2D eigenvalue weighted by Gasteiger charge is -2.16. The molecule has 0 aliphatic rings. The van der Waals surface area contributed by atoms with E-state index < -0.39 is 11.8 Å². The van der Waals surface area contributed by atoms with Gasteiger partial charge in [-0.2, -0.15) is 10.1 Å². The highest BCUT2D eigenvalue weighted by atomic mass is 19.1. The fourth-order valence-corrected chi connectivity index (χ4v) is 4.14. The Kier molecular flexibility index (Phi) is 7.83. The van der Waals surface area contributed by atoms with Crippen LogP contribution in [0.5, 0.6) is 17.2 Å². The highest BCUT2D eigenvalue weighted by molar-refractivity contribution is 6.03. The number of aromatic hydroxyl groups is 1. The number of halogens is 1. The quantitative estimate of drug-likeness (QED) is 0.201. The van der Waals surface area contributed by atoms with Crippen molar-refractivity contribution in [2.45, 2.75) is 6.54 Å². The fraction of sp³-hybridized carbons (Fsp3) is 0.138. The molecule has 0 unspecified atom stereocenters.